The maximum atomic E-state index is 12.7. The first-order chi connectivity index (χ1) is 7.92. The van der Waals surface area contributed by atoms with Gasteiger partial charge in [0.25, 0.3) is 0 Å². The van der Waals surface area contributed by atoms with Crippen molar-refractivity contribution in [1.29, 1.82) is 5.26 Å². The molecule has 0 aliphatic carbocycles. The van der Waals surface area contributed by atoms with Gasteiger partial charge in [-0.25, -0.2) is 0 Å². The minimum atomic E-state index is -0.381. The molecule has 3 nitrogen and oxygen atoms in total. The molecule has 0 aromatic rings. The van der Waals surface area contributed by atoms with Crippen molar-refractivity contribution in [3.8, 4) is 6.07 Å². The van der Waals surface area contributed by atoms with Crippen LogP contribution in [-0.4, -0.2) is 21.9 Å². The summed E-state index contributed by atoms with van der Waals surface area (Å²) in [7, 11) is 0. The lowest BCUT2D eigenvalue weighted by molar-refractivity contribution is -0.159. The number of hydrogen-bond donors (Lipinski definition) is 0. The summed E-state index contributed by atoms with van der Waals surface area (Å²) < 4.78 is 0. The van der Waals surface area contributed by atoms with Crippen molar-refractivity contribution in [2.24, 2.45) is 11.3 Å². The molecule has 3 heteroatoms. The number of hydrogen-bond acceptors (Lipinski definition) is 2. The maximum Gasteiger partial charge on any atom is 0.228 e. The molecular formula is C15H26N2O. The normalized spacial score (nSPS) is 23.6. The van der Waals surface area contributed by atoms with Crippen LogP contribution < -0.4 is 0 Å². The van der Waals surface area contributed by atoms with Gasteiger partial charge in [-0.3, -0.25) is 4.79 Å². The molecular weight excluding hydrogens is 224 g/mol. The first-order valence-corrected chi connectivity index (χ1v) is 6.66. The zero-order valence-corrected chi connectivity index (χ0v) is 12.8. The average molecular weight is 250 g/mol. The first-order valence-electron chi connectivity index (χ1n) is 6.66. The fourth-order valence-electron chi connectivity index (χ4n) is 3.26. The fraction of sp³-hybridized carbons (Fsp3) is 0.867. The second-order valence-electron chi connectivity index (χ2n) is 7.75. The summed E-state index contributed by atoms with van der Waals surface area (Å²) in [5, 5.41) is 9.19. The molecule has 1 saturated heterocycles. The zero-order valence-electron chi connectivity index (χ0n) is 12.8. The first kappa shape index (κ1) is 15.0. The minimum Gasteiger partial charge on any atom is -0.332 e. The van der Waals surface area contributed by atoms with Gasteiger partial charge in [-0.05, 0) is 40.5 Å². The SMILES string of the molecule is CC(C)(C)C(=O)N1C(C)(C)CC(C#N)CC1(C)C. The maximum absolute atomic E-state index is 12.7. The van der Waals surface area contributed by atoms with E-state index in [4.69, 9.17) is 0 Å². The number of likely N-dealkylation sites (tertiary alicyclic amines) is 1. The Hall–Kier alpha value is -1.04. The molecule has 0 aromatic carbocycles. The predicted octanol–water partition coefficient (Wildman–Crippen LogP) is 3.35. The molecule has 1 amide bonds. The molecule has 0 atom stereocenters. The van der Waals surface area contributed by atoms with E-state index < -0.39 is 0 Å². The van der Waals surface area contributed by atoms with Gasteiger partial charge >= 0.3 is 0 Å². The molecule has 1 aliphatic rings. The summed E-state index contributed by atoms with van der Waals surface area (Å²) >= 11 is 0. The third kappa shape index (κ3) is 2.68. The largest absolute Gasteiger partial charge is 0.332 e. The van der Waals surface area contributed by atoms with Gasteiger partial charge in [-0.1, -0.05) is 20.8 Å². The highest BCUT2D eigenvalue weighted by Crippen LogP contribution is 2.43. The van der Waals surface area contributed by atoms with Gasteiger partial charge in [0, 0.05) is 16.5 Å². The Labute approximate surface area is 111 Å². The van der Waals surface area contributed by atoms with Gasteiger partial charge in [-0.2, -0.15) is 5.26 Å². The summed E-state index contributed by atoms with van der Waals surface area (Å²) in [5.41, 5.74) is -0.896. The van der Waals surface area contributed by atoms with Crippen LogP contribution in [0.1, 0.15) is 61.3 Å². The predicted molar refractivity (Wildman–Crippen MR) is 72.8 cm³/mol. The number of nitriles is 1. The van der Waals surface area contributed by atoms with Crippen LogP contribution in [0.3, 0.4) is 0 Å². The van der Waals surface area contributed by atoms with Gasteiger partial charge in [0.1, 0.15) is 0 Å². The molecule has 0 bridgehead atoms. The number of carbonyl (C=O) groups is 1. The molecule has 0 saturated carbocycles. The van der Waals surface area contributed by atoms with E-state index in [9.17, 15) is 10.1 Å². The summed E-state index contributed by atoms with van der Waals surface area (Å²) in [5.74, 6) is 0.216. The van der Waals surface area contributed by atoms with Crippen molar-refractivity contribution in [3.63, 3.8) is 0 Å². The third-order valence-corrected chi connectivity index (χ3v) is 3.73. The molecule has 0 aromatic heterocycles. The van der Waals surface area contributed by atoms with Gasteiger partial charge in [-0.15, -0.1) is 0 Å². The van der Waals surface area contributed by atoms with Crippen molar-refractivity contribution in [3.05, 3.63) is 0 Å². The lowest BCUT2D eigenvalue weighted by Gasteiger charge is -2.55. The Morgan fingerprint density at radius 1 is 1.17 bits per heavy atom. The van der Waals surface area contributed by atoms with Crippen molar-refractivity contribution in [1.82, 2.24) is 4.90 Å². The van der Waals surface area contributed by atoms with E-state index in [1.807, 2.05) is 25.7 Å². The molecule has 102 valence electrons. The second-order valence-corrected chi connectivity index (χ2v) is 7.75. The Balaban J connectivity index is 3.17. The Morgan fingerprint density at radius 2 is 1.56 bits per heavy atom. The lowest BCUT2D eigenvalue weighted by Crippen LogP contribution is -2.64. The zero-order chi connectivity index (χ0) is 14.4. The quantitative estimate of drug-likeness (QED) is 0.661. The lowest BCUT2D eigenvalue weighted by atomic mass is 9.72. The van der Waals surface area contributed by atoms with Crippen LogP contribution in [0.5, 0.6) is 0 Å². The van der Waals surface area contributed by atoms with Crippen LogP contribution in [0.15, 0.2) is 0 Å². The molecule has 1 aliphatic heterocycles. The van der Waals surface area contributed by atoms with Gasteiger partial charge in [0.2, 0.25) is 5.91 Å². The topological polar surface area (TPSA) is 44.1 Å². The van der Waals surface area contributed by atoms with Crippen molar-refractivity contribution in [2.45, 2.75) is 72.4 Å². The Kier molecular flexibility index (Phi) is 3.55. The van der Waals surface area contributed by atoms with Gasteiger partial charge in [0.15, 0.2) is 0 Å². The van der Waals surface area contributed by atoms with E-state index in [1.54, 1.807) is 0 Å². The monoisotopic (exact) mass is 250 g/mol. The van der Waals surface area contributed by atoms with Gasteiger partial charge in [0.05, 0.1) is 12.0 Å². The molecule has 1 rings (SSSR count). The number of amides is 1. The summed E-state index contributed by atoms with van der Waals surface area (Å²) in [6.45, 7) is 14.2. The van der Waals surface area contributed by atoms with Crippen LogP contribution >= 0.6 is 0 Å². The van der Waals surface area contributed by atoms with E-state index in [-0.39, 0.29) is 28.3 Å². The smallest absolute Gasteiger partial charge is 0.228 e. The molecule has 0 N–H and O–H groups in total. The highest BCUT2D eigenvalue weighted by molar-refractivity contribution is 5.83. The van der Waals surface area contributed by atoms with Crippen molar-refractivity contribution < 1.29 is 4.79 Å². The summed E-state index contributed by atoms with van der Waals surface area (Å²) in [4.78, 5) is 14.7. The van der Waals surface area contributed by atoms with Crippen LogP contribution in [-0.2, 0) is 4.79 Å². The second kappa shape index (κ2) is 4.26. The van der Waals surface area contributed by atoms with Crippen molar-refractivity contribution in [2.75, 3.05) is 0 Å². The molecule has 1 heterocycles. The highest BCUT2D eigenvalue weighted by atomic mass is 16.2. The van der Waals surface area contributed by atoms with Gasteiger partial charge < -0.3 is 4.90 Å². The summed E-state index contributed by atoms with van der Waals surface area (Å²) in [6.07, 6.45) is 1.52. The van der Waals surface area contributed by atoms with Crippen LogP contribution in [0.4, 0.5) is 0 Å². The molecule has 0 spiro atoms. The van der Waals surface area contributed by atoms with Crippen LogP contribution in [0.25, 0.3) is 0 Å². The van der Waals surface area contributed by atoms with Crippen LogP contribution in [0.2, 0.25) is 0 Å². The Morgan fingerprint density at radius 3 is 1.83 bits per heavy atom. The molecule has 0 radical (unpaired) electrons. The number of rotatable bonds is 0. The van der Waals surface area contributed by atoms with Crippen LogP contribution in [0, 0.1) is 22.7 Å². The number of piperidine rings is 1. The molecule has 1 fully saturated rings. The average Bonchev–Trinajstić information content (AvgIpc) is 2.11. The van der Waals surface area contributed by atoms with E-state index in [2.05, 4.69) is 33.8 Å². The van der Waals surface area contributed by atoms with Crippen molar-refractivity contribution >= 4 is 5.91 Å². The van der Waals surface area contributed by atoms with E-state index in [1.165, 1.54) is 0 Å². The van der Waals surface area contributed by atoms with E-state index in [0.717, 1.165) is 12.8 Å². The molecule has 0 unspecified atom stereocenters. The molecule has 18 heavy (non-hydrogen) atoms. The number of nitrogens with zero attached hydrogens (tertiary/aromatic N) is 2. The Bertz CT molecular complexity index is 364. The minimum absolute atomic E-state index is 0.0408. The summed E-state index contributed by atoms with van der Waals surface area (Å²) in [6, 6.07) is 2.38. The van der Waals surface area contributed by atoms with E-state index >= 15 is 0 Å². The standard InChI is InChI=1S/C15H26N2O/c1-13(2,3)12(18)17-14(4,5)8-11(10-16)9-15(17,6)7/h11H,8-9H2,1-7H3. The van der Waals surface area contributed by atoms with E-state index in [0.29, 0.717) is 0 Å². The fourth-order valence-corrected chi connectivity index (χ4v) is 3.26. The number of carbonyl (C=O) groups excluding carboxylic acids is 1. The highest BCUT2D eigenvalue weighted by Gasteiger charge is 2.49. The third-order valence-electron chi connectivity index (χ3n) is 3.73.